The second-order valence-electron chi connectivity index (χ2n) is 6.39. The Morgan fingerprint density at radius 3 is 2.37 bits per heavy atom. The molecule has 1 amide bonds. The molecule has 1 saturated carbocycles. The number of carbonyl (C=O) groups is 1. The minimum Gasteiger partial charge on any atom is -0.347 e. The predicted octanol–water partition coefficient (Wildman–Crippen LogP) is 1.71. The van der Waals surface area contributed by atoms with Crippen LogP contribution < -0.4 is 11.1 Å². The van der Waals surface area contributed by atoms with Gasteiger partial charge in [-0.15, -0.1) is 0 Å². The summed E-state index contributed by atoms with van der Waals surface area (Å²) in [4.78, 5) is 15.9. The molecule has 1 fully saturated rings. The van der Waals surface area contributed by atoms with Crippen LogP contribution in [0.25, 0.3) is 0 Å². The van der Waals surface area contributed by atoms with Gasteiger partial charge in [0.2, 0.25) is 0 Å². The average molecular weight is 265 g/mol. The fourth-order valence-electron chi connectivity index (χ4n) is 3.27. The summed E-state index contributed by atoms with van der Waals surface area (Å²) >= 11 is 0. The molecule has 0 bridgehead atoms. The van der Waals surface area contributed by atoms with Crippen LogP contribution in [0.15, 0.2) is 18.3 Å². The van der Waals surface area contributed by atoms with Crippen molar-refractivity contribution in [2.24, 2.45) is 16.6 Å². The topological polar surface area (TPSA) is 68.0 Å². The van der Waals surface area contributed by atoms with Crippen LogP contribution in [0, 0.1) is 16.6 Å². The lowest BCUT2D eigenvalue weighted by molar-refractivity contribution is -0.0664. The van der Waals surface area contributed by atoms with E-state index in [1.54, 1.807) is 0 Å². The van der Waals surface area contributed by atoms with E-state index >= 15 is 0 Å². The lowest BCUT2D eigenvalue weighted by Gasteiger charge is -2.62. The highest BCUT2D eigenvalue weighted by atomic mass is 19.1. The summed E-state index contributed by atoms with van der Waals surface area (Å²) in [5.74, 6) is -0.749. The molecule has 0 aliphatic heterocycles. The third-order valence-electron chi connectivity index (χ3n) is 4.33. The molecule has 1 heterocycles. The molecule has 0 unspecified atom stereocenters. The van der Waals surface area contributed by atoms with Crippen LogP contribution in [-0.4, -0.2) is 23.0 Å². The van der Waals surface area contributed by atoms with E-state index in [4.69, 9.17) is 5.73 Å². The van der Waals surface area contributed by atoms with Crippen molar-refractivity contribution in [3.63, 3.8) is 0 Å². The highest BCUT2D eigenvalue weighted by molar-refractivity contribution is 5.92. The van der Waals surface area contributed by atoms with Gasteiger partial charge in [-0.3, -0.25) is 4.79 Å². The first-order chi connectivity index (χ1) is 8.67. The van der Waals surface area contributed by atoms with Gasteiger partial charge in [-0.1, -0.05) is 27.7 Å². The van der Waals surface area contributed by atoms with Gasteiger partial charge in [-0.25, -0.2) is 9.37 Å². The zero-order chi connectivity index (χ0) is 14.4. The normalized spacial score (nSPS) is 27.5. The number of amides is 1. The van der Waals surface area contributed by atoms with Crippen LogP contribution >= 0.6 is 0 Å². The maximum absolute atomic E-state index is 12.8. The molecule has 3 N–H and O–H groups in total. The Morgan fingerprint density at radius 1 is 1.32 bits per heavy atom. The number of carbonyl (C=O) groups excluding carboxylic acids is 1. The number of aromatic nitrogens is 1. The van der Waals surface area contributed by atoms with Crippen LogP contribution in [-0.2, 0) is 0 Å². The van der Waals surface area contributed by atoms with Crippen molar-refractivity contribution in [2.75, 3.05) is 0 Å². The number of rotatable bonds is 2. The third-order valence-corrected chi connectivity index (χ3v) is 4.33. The maximum atomic E-state index is 12.8. The SMILES string of the molecule is CC1(C)C(N)C(C)(C)C1NC(=O)c1ccc(F)cn1. The summed E-state index contributed by atoms with van der Waals surface area (Å²) < 4.78 is 12.8. The highest BCUT2D eigenvalue weighted by Crippen LogP contribution is 2.52. The molecule has 1 aliphatic carbocycles. The van der Waals surface area contributed by atoms with Crippen LogP contribution in [0.3, 0.4) is 0 Å². The minimum absolute atomic E-state index is 0.0199. The van der Waals surface area contributed by atoms with Gasteiger partial charge in [0.25, 0.3) is 5.91 Å². The second kappa shape index (κ2) is 4.27. The predicted molar refractivity (Wildman–Crippen MR) is 71.0 cm³/mol. The number of halogens is 1. The van der Waals surface area contributed by atoms with E-state index in [0.29, 0.717) is 0 Å². The fraction of sp³-hybridized carbons (Fsp3) is 0.571. The number of nitrogens with one attached hydrogen (secondary N) is 1. The molecule has 1 aliphatic rings. The summed E-state index contributed by atoms with van der Waals surface area (Å²) in [5.41, 5.74) is 6.02. The van der Waals surface area contributed by atoms with Crippen molar-refractivity contribution in [2.45, 2.75) is 39.8 Å². The number of hydrogen-bond acceptors (Lipinski definition) is 3. The monoisotopic (exact) mass is 265 g/mol. The van der Waals surface area contributed by atoms with Crippen LogP contribution in [0.2, 0.25) is 0 Å². The molecule has 1 aromatic rings. The Kier molecular flexibility index (Phi) is 3.13. The first kappa shape index (κ1) is 13.9. The van der Waals surface area contributed by atoms with E-state index in [9.17, 15) is 9.18 Å². The smallest absolute Gasteiger partial charge is 0.270 e. The van der Waals surface area contributed by atoms with Crippen molar-refractivity contribution < 1.29 is 9.18 Å². The van der Waals surface area contributed by atoms with Crippen LogP contribution in [0.5, 0.6) is 0 Å². The summed E-state index contributed by atoms with van der Waals surface area (Å²) in [5, 5.41) is 2.96. The molecule has 0 aromatic carbocycles. The van der Waals surface area contributed by atoms with Gasteiger partial charge in [0.05, 0.1) is 6.20 Å². The lowest BCUT2D eigenvalue weighted by Crippen LogP contribution is -2.76. The molecule has 0 radical (unpaired) electrons. The Bertz CT molecular complexity index is 480. The molecule has 0 spiro atoms. The van der Waals surface area contributed by atoms with Crippen molar-refractivity contribution in [3.05, 3.63) is 29.8 Å². The number of nitrogens with zero attached hydrogens (tertiary/aromatic N) is 1. The second-order valence-corrected chi connectivity index (χ2v) is 6.39. The van der Waals surface area contributed by atoms with Gasteiger partial charge < -0.3 is 11.1 Å². The molecule has 0 saturated heterocycles. The first-order valence-electron chi connectivity index (χ1n) is 6.35. The third kappa shape index (κ3) is 2.12. The molecule has 1 aromatic heterocycles. The summed E-state index contributed by atoms with van der Waals surface area (Å²) in [6, 6.07) is 2.59. The Morgan fingerprint density at radius 2 is 1.89 bits per heavy atom. The first-order valence-corrected chi connectivity index (χ1v) is 6.35. The quantitative estimate of drug-likeness (QED) is 0.855. The summed E-state index contributed by atoms with van der Waals surface area (Å²) in [6.45, 7) is 8.13. The molecule has 5 heteroatoms. The van der Waals surface area contributed by atoms with E-state index in [0.717, 1.165) is 6.20 Å². The Hall–Kier alpha value is -1.49. The molecule has 2 rings (SSSR count). The van der Waals surface area contributed by atoms with E-state index in [2.05, 4.69) is 10.3 Å². The maximum Gasteiger partial charge on any atom is 0.270 e. The molecule has 104 valence electrons. The van der Waals surface area contributed by atoms with E-state index in [1.807, 2.05) is 27.7 Å². The van der Waals surface area contributed by atoms with Gasteiger partial charge in [0.15, 0.2) is 0 Å². The number of pyridine rings is 1. The van der Waals surface area contributed by atoms with Crippen LogP contribution in [0.1, 0.15) is 38.2 Å². The molecule has 19 heavy (non-hydrogen) atoms. The zero-order valence-electron chi connectivity index (χ0n) is 11.7. The zero-order valence-corrected chi connectivity index (χ0v) is 11.7. The van der Waals surface area contributed by atoms with Gasteiger partial charge in [0.1, 0.15) is 11.5 Å². The number of hydrogen-bond donors (Lipinski definition) is 2. The van der Waals surface area contributed by atoms with Gasteiger partial charge in [-0.2, -0.15) is 0 Å². The van der Waals surface area contributed by atoms with Gasteiger partial charge in [-0.05, 0) is 12.1 Å². The van der Waals surface area contributed by atoms with Crippen molar-refractivity contribution >= 4 is 5.91 Å². The van der Waals surface area contributed by atoms with Gasteiger partial charge >= 0.3 is 0 Å². The van der Waals surface area contributed by atoms with Gasteiger partial charge in [0, 0.05) is 22.9 Å². The summed E-state index contributed by atoms with van der Waals surface area (Å²) in [7, 11) is 0. The highest BCUT2D eigenvalue weighted by Gasteiger charge is 2.60. The van der Waals surface area contributed by atoms with Crippen molar-refractivity contribution in [1.29, 1.82) is 0 Å². The number of nitrogens with two attached hydrogens (primary N) is 1. The minimum atomic E-state index is -0.456. The van der Waals surface area contributed by atoms with E-state index in [1.165, 1.54) is 12.1 Å². The largest absolute Gasteiger partial charge is 0.347 e. The average Bonchev–Trinajstić information content (AvgIpc) is 2.35. The molecule has 4 nitrogen and oxygen atoms in total. The summed E-state index contributed by atoms with van der Waals surface area (Å²) in [6.07, 6.45) is 1.04. The standard InChI is InChI=1S/C14H20FN3O/c1-13(2)11(16)14(3,4)12(13)18-10(19)9-6-5-8(15)7-17-9/h5-7,11-12H,16H2,1-4H3,(H,18,19). The van der Waals surface area contributed by atoms with Crippen LogP contribution in [0.4, 0.5) is 4.39 Å². The lowest BCUT2D eigenvalue weighted by atomic mass is 9.48. The molecule has 0 atom stereocenters. The Balaban J connectivity index is 2.13. The van der Waals surface area contributed by atoms with E-state index < -0.39 is 5.82 Å². The fourth-order valence-corrected chi connectivity index (χ4v) is 3.27. The van der Waals surface area contributed by atoms with E-state index in [-0.39, 0.29) is 34.5 Å². The van der Waals surface area contributed by atoms with Crippen molar-refractivity contribution in [1.82, 2.24) is 10.3 Å². The molecular formula is C14H20FN3O. The molecular weight excluding hydrogens is 245 g/mol. The Labute approximate surface area is 112 Å². The van der Waals surface area contributed by atoms with Crippen molar-refractivity contribution in [3.8, 4) is 0 Å².